The zero-order valence-electron chi connectivity index (χ0n) is 3.63. The Bertz CT molecular complexity index is 73.3. The van der Waals surface area contributed by atoms with Crippen molar-refractivity contribution in [1.29, 1.82) is 0 Å². The first-order chi connectivity index (χ1) is 3.18. The smallest absolute Gasteiger partial charge is 0.145 e. The molecule has 0 rings (SSSR count). The molecular weight excluding hydrogens is 215 g/mol. The fraction of sp³-hybridized carbons (Fsp3) is 0.333. The summed E-state index contributed by atoms with van der Waals surface area (Å²) < 4.78 is 0. The van der Waals surface area contributed by atoms with E-state index in [-0.39, 0.29) is 0 Å². The maximum absolute atomic E-state index is 5.50. The van der Waals surface area contributed by atoms with Gasteiger partial charge in [-0.15, -0.1) is 28.7 Å². The van der Waals surface area contributed by atoms with E-state index in [2.05, 4.69) is 22.5 Å². The minimum absolute atomic E-state index is 0.733. The highest BCUT2D eigenvalue weighted by molar-refractivity contribution is 9.09. The Balaban J connectivity index is 3.35. The highest BCUT2D eigenvalue weighted by Gasteiger charge is 2.03. The van der Waals surface area contributed by atoms with Crippen molar-refractivity contribution in [3.63, 3.8) is 0 Å². The first-order valence-electron chi connectivity index (χ1n) is 1.70. The third kappa shape index (κ3) is 3.59. The van der Waals surface area contributed by atoms with Crippen LogP contribution >= 0.6 is 38.1 Å². The van der Waals surface area contributed by atoms with Crippen LogP contribution in [0, 0.1) is 0 Å². The molecule has 0 spiro atoms. The molecule has 0 unspecified atom stereocenters. The van der Waals surface area contributed by atoms with Crippen LogP contribution in [0.3, 0.4) is 0 Å². The molecule has 0 aromatic rings. The van der Waals surface area contributed by atoms with Gasteiger partial charge >= 0.3 is 0 Å². The third-order valence-electron chi connectivity index (χ3n) is 0.480. The number of allylic oxidation sites excluding steroid dienone is 1. The summed E-state index contributed by atoms with van der Waals surface area (Å²) in [6, 6.07) is 0. The normalized spacial score (nSPS) is 9.71. The van der Waals surface area contributed by atoms with E-state index in [1.54, 1.807) is 0 Å². The van der Waals surface area contributed by atoms with Crippen molar-refractivity contribution < 1.29 is 0 Å². The first kappa shape index (κ1) is 8.02. The molecule has 0 aliphatic carbocycles. The Hall–Kier alpha value is 1.02. The van der Waals surface area contributed by atoms with Crippen LogP contribution in [0.5, 0.6) is 0 Å². The Labute approximate surface area is 62.6 Å². The molecule has 0 nitrogen and oxygen atoms in total. The van der Waals surface area contributed by atoms with Gasteiger partial charge in [0.15, 0.2) is 0 Å². The molecule has 0 amide bonds. The molecule has 7 heavy (non-hydrogen) atoms. The van der Waals surface area contributed by atoms with Gasteiger partial charge in [-0.25, -0.2) is 0 Å². The molecule has 4 heteroatoms. The second-order valence-electron chi connectivity index (χ2n) is 1.09. The van der Waals surface area contributed by atoms with Gasteiger partial charge < -0.3 is 0 Å². The van der Waals surface area contributed by atoms with E-state index in [1.807, 2.05) is 0 Å². The fourth-order valence-electron chi connectivity index (χ4n) is 0.0583. The van der Waals surface area contributed by atoms with E-state index in [1.165, 1.54) is 0 Å². The number of halogens is 3. The molecular formula is C3H5BrCl2Si. The van der Waals surface area contributed by atoms with E-state index in [0.717, 1.165) is 10.5 Å². The lowest BCUT2D eigenvalue weighted by atomic mass is 10.8. The number of hydrogen-bond acceptors (Lipinski definition) is 0. The predicted molar refractivity (Wildman–Crippen MR) is 41.8 cm³/mol. The van der Waals surface area contributed by atoms with E-state index >= 15 is 0 Å². The summed E-state index contributed by atoms with van der Waals surface area (Å²) in [5.41, 5.74) is 0. The number of hydrogen-bond donors (Lipinski definition) is 0. The molecule has 0 saturated carbocycles. The minimum atomic E-state index is -1.56. The highest BCUT2D eigenvalue weighted by Crippen LogP contribution is 2.08. The minimum Gasteiger partial charge on any atom is -0.145 e. The second-order valence-corrected chi connectivity index (χ2v) is 6.36. The monoisotopic (exact) mass is 218 g/mol. The molecule has 0 bridgehead atoms. The molecule has 0 N–H and O–H groups in total. The summed E-state index contributed by atoms with van der Waals surface area (Å²) in [5, 5.41) is 1.67. The molecule has 0 aromatic carbocycles. The standard InChI is InChI=1S/C3H5BrCl2Si/c1-3(2-4)7(5)6/h7H,1-2H2. The number of rotatable bonds is 2. The van der Waals surface area contributed by atoms with Crippen LogP contribution in [-0.4, -0.2) is 12.7 Å². The van der Waals surface area contributed by atoms with Crippen molar-refractivity contribution in [2.45, 2.75) is 0 Å². The molecule has 0 heterocycles. The van der Waals surface area contributed by atoms with Crippen molar-refractivity contribution in [3.8, 4) is 0 Å². The highest BCUT2D eigenvalue weighted by atomic mass is 79.9. The Morgan fingerprint density at radius 3 is 2.14 bits per heavy atom. The lowest BCUT2D eigenvalue weighted by Gasteiger charge is -1.94. The van der Waals surface area contributed by atoms with Gasteiger partial charge in [-0.1, -0.05) is 21.1 Å². The van der Waals surface area contributed by atoms with Crippen molar-refractivity contribution in [3.05, 3.63) is 11.8 Å². The van der Waals surface area contributed by atoms with E-state index in [4.69, 9.17) is 22.2 Å². The maximum Gasteiger partial charge on any atom is 0.263 e. The van der Waals surface area contributed by atoms with Gasteiger partial charge in [0.2, 0.25) is 0 Å². The molecule has 0 saturated heterocycles. The molecule has 0 atom stereocenters. The van der Waals surface area contributed by atoms with Crippen LogP contribution in [0.1, 0.15) is 0 Å². The van der Waals surface area contributed by atoms with Gasteiger partial charge in [-0.2, -0.15) is 0 Å². The molecule has 0 fully saturated rings. The van der Waals surface area contributed by atoms with Crippen LogP contribution in [0.4, 0.5) is 0 Å². The second kappa shape index (κ2) is 3.95. The van der Waals surface area contributed by atoms with Crippen molar-refractivity contribution in [2.75, 3.05) is 5.33 Å². The average molecular weight is 220 g/mol. The first-order valence-corrected chi connectivity index (χ1v) is 6.89. The topological polar surface area (TPSA) is 0 Å². The van der Waals surface area contributed by atoms with Gasteiger partial charge in [-0.3, -0.25) is 0 Å². The third-order valence-corrected chi connectivity index (χ3v) is 4.47. The van der Waals surface area contributed by atoms with Crippen LogP contribution < -0.4 is 0 Å². The van der Waals surface area contributed by atoms with Crippen LogP contribution in [0.2, 0.25) is 0 Å². The van der Waals surface area contributed by atoms with Crippen molar-refractivity contribution in [1.82, 2.24) is 0 Å². The summed E-state index contributed by atoms with van der Waals surface area (Å²) >= 11 is 14.2. The summed E-state index contributed by atoms with van der Waals surface area (Å²) in [6.07, 6.45) is 0. The largest absolute Gasteiger partial charge is 0.263 e. The lowest BCUT2D eigenvalue weighted by Crippen LogP contribution is -1.97. The quantitative estimate of drug-likeness (QED) is 0.380. The molecule has 0 aliphatic rings. The van der Waals surface area contributed by atoms with Crippen molar-refractivity contribution in [2.24, 2.45) is 0 Å². The van der Waals surface area contributed by atoms with E-state index in [0.29, 0.717) is 0 Å². The van der Waals surface area contributed by atoms with Crippen LogP contribution in [0.15, 0.2) is 11.8 Å². The predicted octanol–water partition coefficient (Wildman–Crippen LogP) is 2.17. The van der Waals surface area contributed by atoms with Gasteiger partial charge in [0.1, 0.15) is 0 Å². The Morgan fingerprint density at radius 2 is 2.14 bits per heavy atom. The Kier molecular flexibility index (Phi) is 4.53. The zero-order chi connectivity index (χ0) is 5.86. The van der Waals surface area contributed by atoms with Gasteiger partial charge in [0.25, 0.3) is 7.42 Å². The summed E-state index contributed by atoms with van der Waals surface area (Å²) in [5.74, 6) is 0. The summed E-state index contributed by atoms with van der Waals surface area (Å²) in [7, 11) is -1.56. The fourth-order valence-corrected chi connectivity index (χ4v) is 2.73. The van der Waals surface area contributed by atoms with E-state index in [9.17, 15) is 0 Å². The molecule has 0 radical (unpaired) electrons. The van der Waals surface area contributed by atoms with Crippen molar-refractivity contribution >= 4 is 45.5 Å². The molecule has 42 valence electrons. The number of alkyl halides is 1. The van der Waals surface area contributed by atoms with E-state index < -0.39 is 7.42 Å². The maximum atomic E-state index is 5.50. The molecule has 0 aromatic heterocycles. The van der Waals surface area contributed by atoms with Crippen LogP contribution in [0.25, 0.3) is 0 Å². The lowest BCUT2D eigenvalue weighted by molar-refractivity contribution is 1.76. The molecule has 0 aliphatic heterocycles. The van der Waals surface area contributed by atoms with Gasteiger partial charge in [0, 0.05) is 5.33 Å². The van der Waals surface area contributed by atoms with Gasteiger partial charge in [0.05, 0.1) is 0 Å². The SMILES string of the molecule is C=C(CBr)[SiH](Cl)Cl. The summed E-state index contributed by atoms with van der Waals surface area (Å²) in [4.78, 5) is 0. The average Bonchev–Trinajstić information content (AvgIpc) is 1.65. The van der Waals surface area contributed by atoms with Gasteiger partial charge in [-0.05, 0) is 0 Å². The zero-order valence-corrected chi connectivity index (χ0v) is 7.88. The summed E-state index contributed by atoms with van der Waals surface area (Å²) in [6.45, 7) is 3.62. The van der Waals surface area contributed by atoms with Crippen LogP contribution in [-0.2, 0) is 0 Å². The Morgan fingerprint density at radius 1 is 1.71 bits per heavy atom.